The molecule has 2 aromatic rings. The van der Waals surface area contributed by atoms with Crippen LogP contribution in [0.15, 0.2) is 6.33 Å². The molecule has 4 atom stereocenters. The number of amides is 2. The first-order valence-electron chi connectivity index (χ1n) is 12.0. The van der Waals surface area contributed by atoms with Crippen molar-refractivity contribution in [2.24, 2.45) is 5.92 Å². The van der Waals surface area contributed by atoms with Gasteiger partial charge in [0, 0.05) is 33.0 Å². The maximum atomic E-state index is 12.5. The van der Waals surface area contributed by atoms with Gasteiger partial charge >= 0.3 is 6.09 Å². The van der Waals surface area contributed by atoms with Gasteiger partial charge in [0.15, 0.2) is 17.7 Å². The Labute approximate surface area is 201 Å². The van der Waals surface area contributed by atoms with E-state index in [0.29, 0.717) is 49.3 Å². The summed E-state index contributed by atoms with van der Waals surface area (Å²) in [4.78, 5) is 40.8. The Bertz CT molecular complexity index is 1100. The molecular formula is C22H31N7O6. The molecule has 0 spiro atoms. The van der Waals surface area contributed by atoms with Crippen molar-refractivity contribution in [1.29, 1.82) is 0 Å². The van der Waals surface area contributed by atoms with E-state index in [2.05, 4.69) is 15.0 Å². The fourth-order valence-corrected chi connectivity index (χ4v) is 4.99. The van der Waals surface area contributed by atoms with Gasteiger partial charge in [0.2, 0.25) is 5.91 Å². The number of ether oxygens (including phenoxy) is 2. The highest BCUT2D eigenvalue weighted by molar-refractivity contribution is 5.81. The summed E-state index contributed by atoms with van der Waals surface area (Å²) in [5, 5.41) is 20.0. The van der Waals surface area contributed by atoms with Gasteiger partial charge in [-0.05, 0) is 25.2 Å². The normalized spacial score (nSPS) is 27.8. The van der Waals surface area contributed by atoms with Crippen molar-refractivity contribution >= 4 is 29.0 Å². The van der Waals surface area contributed by atoms with Crippen LogP contribution in [0.3, 0.4) is 0 Å². The van der Waals surface area contributed by atoms with Gasteiger partial charge in [-0.15, -0.1) is 0 Å². The summed E-state index contributed by atoms with van der Waals surface area (Å²) in [5.41, 5.74) is 6.99. The van der Waals surface area contributed by atoms with Crippen molar-refractivity contribution in [2.75, 3.05) is 39.1 Å². The molecule has 190 valence electrons. The molecule has 35 heavy (non-hydrogen) atoms. The third-order valence-electron chi connectivity index (χ3n) is 7.27. The number of piperidine rings is 1. The average Bonchev–Trinajstić information content (AvgIpc) is 3.51. The number of hydrogen-bond acceptors (Lipinski definition) is 10. The minimum Gasteiger partial charge on any atom is -0.447 e. The average molecular weight is 490 g/mol. The molecule has 0 radical (unpaired) electrons. The third kappa shape index (κ3) is 4.62. The summed E-state index contributed by atoms with van der Waals surface area (Å²) in [5.74, 6) is 1.15. The van der Waals surface area contributed by atoms with Crippen LogP contribution in [0.25, 0.3) is 11.2 Å². The highest BCUT2D eigenvalue weighted by Crippen LogP contribution is 2.29. The van der Waals surface area contributed by atoms with Crippen LogP contribution in [0.1, 0.15) is 37.7 Å². The van der Waals surface area contributed by atoms with Gasteiger partial charge in [-0.25, -0.2) is 19.7 Å². The summed E-state index contributed by atoms with van der Waals surface area (Å²) in [7, 11) is 1.74. The number of likely N-dealkylation sites (tertiary alicyclic amines) is 2. The Kier molecular flexibility index (Phi) is 6.47. The lowest BCUT2D eigenvalue weighted by atomic mass is 9.93. The maximum Gasteiger partial charge on any atom is 0.409 e. The minimum atomic E-state index is -1.09. The van der Waals surface area contributed by atoms with Gasteiger partial charge in [-0.3, -0.25) is 9.36 Å². The van der Waals surface area contributed by atoms with Crippen molar-refractivity contribution in [3.8, 4) is 0 Å². The number of rotatable bonds is 5. The first kappa shape index (κ1) is 23.7. The van der Waals surface area contributed by atoms with Crippen LogP contribution in [-0.2, 0) is 20.7 Å². The molecule has 3 unspecified atom stereocenters. The van der Waals surface area contributed by atoms with Crippen molar-refractivity contribution in [1.82, 2.24) is 29.3 Å². The zero-order valence-corrected chi connectivity index (χ0v) is 19.6. The van der Waals surface area contributed by atoms with Crippen molar-refractivity contribution in [2.45, 2.75) is 56.6 Å². The van der Waals surface area contributed by atoms with Crippen LogP contribution >= 0.6 is 0 Å². The van der Waals surface area contributed by atoms with E-state index >= 15 is 0 Å². The van der Waals surface area contributed by atoms with Crippen LogP contribution in [0.5, 0.6) is 0 Å². The van der Waals surface area contributed by atoms with Gasteiger partial charge in [-0.1, -0.05) is 0 Å². The quantitative estimate of drug-likeness (QED) is 0.505. The molecule has 0 aromatic carbocycles. The summed E-state index contributed by atoms with van der Waals surface area (Å²) in [6, 6.07) is -0.0473. The Balaban J connectivity index is 1.18. The van der Waals surface area contributed by atoms with E-state index in [-0.39, 0.29) is 43.0 Å². The van der Waals surface area contributed by atoms with Crippen LogP contribution in [0.2, 0.25) is 0 Å². The predicted molar refractivity (Wildman–Crippen MR) is 122 cm³/mol. The Morgan fingerprint density at radius 3 is 2.69 bits per heavy atom. The molecule has 4 N–H and O–H groups in total. The molecule has 2 aromatic heterocycles. The van der Waals surface area contributed by atoms with Gasteiger partial charge in [0.1, 0.15) is 30.2 Å². The smallest absolute Gasteiger partial charge is 0.409 e. The van der Waals surface area contributed by atoms with E-state index in [4.69, 9.17) is 15.2 Å². The highest BCUT2D eigenvalue weighted by Gasteiger charge is 2.37. The molecule has 0 bridgehead atoms. The zero-order chi connectivity index (χ0) is 24.7. The number of nitrogens with two attached hydrogens (primary N) is 1. The molecule has 13 heteroatoms. The second-order valence-electron chi connectivity index (χ2n) is 9.54. The van der Waals surface area contributed by atoms with Gasteiger partial charge < -0.3 is 35.2 Å². The largest absolute Gasteiger partial charge is 0.447 e. The Morgan fingerprint density at radius 2 is 2.03 bits per heavy atom. The zero-order valence-electron chi connectivity index (χ0n) is 19.6. The van der Waals surface area contributed by atoms with E-state index in [1.807, 2.05) is 0 Å². The highest BCUT2D eigenvalue weighted by atomic mass is 16.6. The molecule has 3 fully saturated rings. The summed E-state index contributed by atoms with van der Waals surface area (Å²) in [6.07, 6.45) is 1.60. The van der Waals surface area contributed by atoms with E-state index in [0.717, 1.165) is 12.8 Å². The molecule has 5 rings (SSSR count). The van der Waals surface area contributed by atoms with Crippen molar-refractivity contribution < 1.29 is 29.3 Å². The number of likely N-dealkylation sites (N-methyl/N-ethyl adjacent to an activating group) is 1. The number of anilines is 1. The first-order valence-corrected chi connectivity index (χ1v) is 12.0. The standard InChI is InChI=1S/C22H31N7O6/c1-27-13(2-3-16(27)31)9-35-22(33)28-6-4-12(5-7-28)8-15-25-19(23)17-20(26-15)29(11-24-17)21-18(32)14(30)10-34-21/h11-14,18,21,30,32H,2-10H2,1H3,(H2,23,25,26)/t13?,14?,18?,21-/m1/s1. The number of hydrogen-bond donors (Lipinski definition) is 3. The summed E-state index contributed by atoms with van der Waals surface area (Å²) < 4.78 is 12.5. The molecule has 3 aliphatic rings. The van der Waals surface area contributed by atoms with E-state index in [1.54, 1.807) is 21.4 Å². The maximum absolute atomic E-state index is 12.5. The van der Waals surface area contributed by atoms with E-state index in [9.17, 15) is 19.8 Å². The molecule has 5 heterocycles. The lowest BCUT2D eigenvalue weighted by molar-refractivity contribution is -0.128. The van der Waals surface area contributed by atoms with Crippen molar-refractivity contribution in [3.63, 3.8) is 0 Å². The van der Waals surface area contributed by atoms with Crippen molar-refractivity contribution in [3.05, 3.63) is 12.2 Å². The van der Waals surface area contributed by atoms with E-state index < -0.39 is 18.4 Å². The number of fused-ring (bicyclic) bond motifs is 1. The molecular weight excluding hydrogens is 458 g/mol. The second-order valence-corrected chi connectivity index (χ2v) is 9.54. The van der Waals surface area contributed by atoms with Gasteiger partial charge in [0.05, 0.1) is 19.0 Å². The molecule has 0 aliphatic carbocycles. The summed E-state index contributed by atoms with van der Waals surface area (Å²) in [6.45, 7) is 1.38. The lowest BCUT2D eigenvalue weighted by Gasteiger charge is -2.31. The lowest BCUT2D eigenvalue weighted by Crippen LogP contribution is -2.41. The second kappa shape index (κ2) is 9.55. The number of aliphatic hydroxyl groups excluding tert-OH is 2. The number of imidazole rings is 1. The number of aromatic nitrogens is 4. The molecule has 3 aliphatic heterocycles. The Hall–Kier alpha value is -3.03. The summed E-state index contributed by atoms with van der Waals surface area (Å²) >= 11 is 0. The van der Waals surface area contributed by atoms with E-state index in [1.165, 1.54) is 6.33 Å². The SMILES string of the molecule is CN1C(=O)CCC1COC(=O)N1CCC(Cc2nc(N)c3ncn([C@@H]4OCC(O)C4O)c3n2)CC1. The number of carbonyl (C=O) groups is 2. The van der Waals surface area contributed by atoms with Crippen LogP contribution in [0, 0.1) is 5.92 Å². The van der Waals surface area contributed by atoms with Gasteiger partial charge in [-0.2, -0.15) is 0 Å². The van der Waals surface area contributed by atoms with Gasteiger partial charge in [0.25, 0.3) is 0 Å². The monoisotopic (exact) mass is 489 g/mol. The van der Waals surface area contributed by atoms with Crippen LogP contribution < -0.4 is 5.73 Å². The minimum absolute atomic E-state index is 0.0232. The molecule has 3 saturated heterocycles. The van der Waals surface area contributed by atoms with Crippen LogP contribution in [0.4, 0.5) is 10.6 Å². The number of nitrogen functional groups attached to an aromatic ring is 1. The fraction of sp³-hybridized carbons (Fsp3) is 0.682. The van der Waals surface area contributed by atoms with Crippen LogP contribution in [-0.4, -0.2) is 103 Å². The topological polar surface area (TPSA) is 169 Å². The first-order chi connectivity index (χ1) is 16.8. The molecule has 0 saturated carbocycles. The number of nitrogens with zero attached hydrogens (tertiary/aromatic N) is 6. The Morgan fingerprint density at radius 1 is 1.26 bits per heavy atom. The predicted octanol–water partition coefficient (Wildman–Crippen LogP) is -0.329. The number of carbonyl (C=O) groups excluding carboxylic acids is 2. The number of aliphatic hydroxyl groups is 2. The third-order valence-corrected chi connectivity index (χ3v) is 7.27. The molecule has 13 nitrogen and oxygen atoms in total. The fourth-order valence-electron chi connectivity index (χ4n) is 4.99. The molecule has 2 amide bonds.